The van der Waals surface area contributed by atoms with Crippen LogP contribution in [0.3, 0.4) is 0 Å². The van der Waals surface area contributed by atoms with E-state index in [9.17, 15) is 14.7 Å². The number of aromatic amines is 1. The zero-order chi connectivity index (χ0) is 13.4. The van der Waals surface area contributed by atoms with Crippen molar-refractivity contribution in [3.05, 3.63) is 32.7 Å². The Kier molecular flexibility index (Phi) is 3.45. The lowest BCUT2D eigenvalue weighted by molar-refractivity contribution is 0.0692. The summed E-state index contributed by atoms with van der Waals surface area (Å²) in [6.45, 7) is 9.55. The molecule has 94 valence electrons. The first kappa shape index (κ1) is 13.5. The molecule has 0 aromatic carbocycles. The van der Waals surface area contributed by atoms with Crippen LogP contribution in [0.25, 0.3) is 0 Å². The topological polar surface area (TPSA) is 70.2 Å². The Morgan fingerprint density at radius 1 is 1.35 bits per heavy atom. The van der Waals surface area contributed by atoms with Gasteiger partial charge in [0.15, 0.2) is 0 Å². The number of aromatic carboxylic acids is 1. The summed E-state index contributed by atoms with van der Waals surface area (Å²) in [7, 11) is 0. The lowest BCUT2D eigenvalue weighted by Crippen LogP contribution is -2.29. The molecular formula is C13H19NO3. The molecule has 0 unspecified atom stereocenters. The van der Waals surface area contributed by atoms with Crippen molar-refractivity contribution in [2.24, 2.45) is 0 Å². The SMILES string of the molecule is CCc1[nH]c(=O)c(C(=O)O)c(C(C)(C)C)c1C. The van der Waals surface area contributed by atoms with Crippen molar-refractivity contribution in [3.63, 3.8) is 0 Å². The zero-order valence-corrected chi connectivity index (χ0v) is 11.0. The largest absolute Gasteiger partial charge is 0.477 e. The lowest BCUT2D eigenvalue weighted by Gasteiger charge is -2.24. The predicted octanol–water partition coefficient (Wildman–Crippen LogP) is 2.24. The molecule has 0 saturated heterocycles. The second-order valence-electron chi connectivity index (χ2n) is 5.22. The quantitative estimate of drug-likeness (QED) is 0.828. The normalized spacial score (nSPS) is 11.6. The van der Waals surface area contributed by atoms with E-state index >= 15 is 0 Å². The number of aromatic nitrogens is 1. The summed E-state index contributed by atoms with van der Waals surface area (Å²) in [6, 6.07) is 0. The summed E-state index contributed by atoms with van der Waals surface area (Å²) in [4.78, 5) is 25.7. The van der Waals surface area contributed by atoms with Crippen LogP contribution in [0.5, 0.6) is 0 Å². The first-order chi connectivity index (χ1) is 7.70. The maximum Gasteiger partial charge on any atom is 0.341 e. The molecule has 0 bridgehead atoms. The maximum absolute atomic E-state index is 11.8. The Morgan fingerprint density at radius 3 is 2.24 bits per heavy atom. The third kappa shape index (κ3) is 2.40. The molecule has 1 rings (SSSR count). The molecule has 0 aliphatic carbocycles. The molecular weight excluding hydrogens is 218 g/mol. The van der Waals surface area contributed by atoms with Crippen molar-refractivity contribution in [2.45, 2.75) is 46.5 Å². The number of H-pyrrole nitrogens is 1. The number of nitrogens with one attached hydrogen (secondary N) is 1. The maximum atomic E-state index is 11.8. The van der Waals surface area contributed by atoms with Gasteiger partial charge in [-0.2, -0.15) is 0 Å². The standard InChI is InChI=1S/C13H19NO3/c1-6-8-7(2)10(13(3,4)5)9(12(16)17)11(15)14-8/h6H2,1-5H3,(H,14,15)(H,16,17). The highest BCUT2D eigenvalue weighted by Crippen LogP contribution is 2.28. The average molecular weight is 237 g/mol. The molecule has 1 aromatic heterocycles. The van der Waals surface area contributed by atoms with Crippen LogP contribution in [0.2, 0.25) is 0 Å². The van der Waals surface area contributed by atoms with E-state index in [-0.39, 0.29) is 11.0 Å². The first-order valence-corrected chi connectivity index (χ1v) is 5.69. The van der Waals surface area contributed by atoms with Crippen molar-refractivity contribution in [1.82, 2.24) is 4.98 Å². The zero-order valence-electron chi connectivity index (χ0n) is 11.0. The summed E-state index contributed by atoms with van der Waals surface area (Å²) < 4.78 is 0. The molecule has 0 saturated carbocycles. The summed E-state index contributed by atoms with van der Waals surface area (Å²) in [5.41, 5.74) is 1.31. The van der Waals surface area contributed by atoms with Crippen molar-refractivity contribution in [1.29, 1.82) is 0 Å². The van der Waals surface area contributed by atoms with Crippen LogP contribution >= 0.6 is 0 Å². The smallest absolute Gasteiger partial charge is 0.341 e. The van der Waals surface area contributed by atoms with E-state index in [0.717, 1.165) is 11.3 Å². The van der Waals surface area contributed by atoms with Crippen molar-refractivity contribution >= 4 is 5.97 Å². The number of carbonyl (C=O) groups is 1. The van der Waals surface area contributed by atoms with Crippen LogP contribution in [0, 0.1) is 6.92 Å². The molecule has 0 aliphatic rings. The van der Waals surface area contributed by atoms with Gasteiger partial charge >= 0.3 is 5.97 Å². The van der Waals surface area contributed by atoms with Gasteiger partial charge in [-0.05, 0) is 29.9 Å². The number of hydrogen-bond donors (Lipinski definition) is 2. The molecule has 0 aliphatic heterocycles. The van der Waals surface area contributed by atoms with Gasteiger partial charge in [-0.3, -0.25) is 4.79 Å². The number of rotatable bonds is 2. The van der Waals surface area contributed by atoms with Crippen LogP contribution in [0.1, 0.15) is 54.9 Å². The molecule has 0 atom stereocenters. The fraction of sp³-hybridized carbons (Fsp3) is 0.538. The van der Waals surface area contributed by atoms with Crippen molar-refractivity contribution in [2.75, 3.05) is 0 Å². The van der Waals surface area contributed by atoms with Gasteiger partial charge < -0.3 is 10.1 Å². The van der Waals surface area contributed by atoms with Gasteiger partial charge in [0.1, 0.15) is 5.56 Å². The highest BCUT2D eigenvalue weighted by molar-refractivity contribution is 5.90. The molecule has 0 amide bonds. The predicted molar refractivity (Wildman–Crippen MR) is 66.8 cm³/mol. The number of carboxylic acids is 1. The number of aryl methyl sites for hydroxylation is 1. The number of pyridine rings is 1. The minimum Gasteiger partial charge on any atom is -0.477 e. The fourth-order valence-electron chi connectivity index (χ4n) is 2.24. The van der Waals surface area contributed by atoms with Crippen LogP contribution in [-0.4, -0.2) is 16.1 Å². The minimum absolute atomic E-state index is 0.132. The van der Waals surface area contributed by atoms with E-state index in [0.29, 0.717) is 12.0 Å². The first-order valence-electron chi connectivity index (χ1n) is 5.69. The minimum atomic E-state index is -1.16. The van der Waals surface area contributed by atoms with Crippen molar-refractivity contribution in [3.8, 4) is 0 Å². The Hall–Kier alpha value is -1.58. The third-order valence-electron chi connectivity index (χ3n) is 2.89. The fourth-order valence-corrected chi connectivity index (χ4v) is 2.24. The summed E-state index contributed by atoms with van der Waals surface area (Å²) in [5.74, 6) is -1.16. The van der Waals surface area contributed by atoms with Crippen LogP contribution in [-0.2, 0) is 11.8 Å². The van der Waals surface area contributed by atoms with Crippen LogP contribution < -0.4 is 5.56 Å². The van der Waals surface area contributed by atoms with E-state index in [1.165, 1.54) is 0 Å². The summed E-state index contributed by atoms with van der Waals surface area (Å²) in [6.07, 6.45) is 0.685. The monoisotopic (exact) mass is 237 g/mol. The second kappa shape index (κ2) is 4.35. The third-order valence-corrected chi connectivity index (χ3v) is 2.89. The van der Waals surface area contributed by atoms with Crippen LogP contribution in [0.15, 0.2) is 4.79 Å². The van der Waals surface area contributed by atoms with Gasteiger partial charge in [-0.15, -0.1) is 0 Å². The van der Waals surface area contributed by atoms with E-state index in [1.807, 2.05) is 34.6 Å². The number of carboxylic acid groups (broad SMARTS) is 1. The van der Waals surface area contributed by atoms with Gasteiger partial charge in [0.05, 0.1) is 0 Å². The number of hydrogen-bond acceptors (Lipinski definition) is 2. The molecule has 4 heteroatoms. The molecule has 2 N–H and O–H groups in total. The van der Waals surface area contributed by atoms with Gasteiger partial charge in [0, 0.05) is 5.69 Å². The van der Waals surface area contributed by atoms with Crippen LogP contribution in [0.4, 0.5) is 0 Å². The summed E-state index contributed by atoms with van der Waals surface area (Å²) >= 11 is 0. The molecule has 4 nitrogen and oxygen atoms in total. The van der Waals surface area contributed by atoms with E-state index in [1.54, 1.807) is 0 Å². The van der Waals surface area contributed by atoms with Gasteiger partial charge in [0.2, 0.25) is 0 Å². The molecule has 0 radical (unpaired) electrons. The van der Waals surface area contributed by atoms with Gasteiger partial charge in [-0.25, -0.2) is 4.79 Å². The lowest BCUT2D eigenvalue weighted by atomic mass is 9.80. The van der Waals surface area contributed by atoms with E-state index in [2.05, 4.69) is 4.98 Å². The van der Waals surface area contributed by atoms with E-state index in [4.69, 9.17) is 0 Å². The average Bonchev–Trinajstić information content (AvgIpc) is 2.17. The Bertz CT molecular complexity index is 507. The van der Waals surface area contributed by atoms with Gasteiger partial charge in [-0.1, -0.05) is 27.7 Å². The van der Waals surface area contributed by atoms with Gasteiger partial charge in [0.25, 0.3) is 5.56 Å². The highest BCUT2D eigenvalue weighted by Gasteiger charge is 2.27. The van der Waals surface area contributed by atoms with Crippen molar-refractivity contribution < 1.29 is 9.90 Å². The van der Waals surface area contributed by atoms with E-state index < -0.39 is 11.5 Å². The molecule has 0 spiro atoms. The molecule has 1 aromatic rings. The second-order valence-corrected chi connectivity index (χ2v) is 5.22. The highest BCUT2D eigenvalue weighted by atomic mass is 16.4. The molecule has 17 heavy (non-hydrogen) atoms. The summed E-state index contributed by atoms with van der Waals surface area (Å²) in [5, 5.41) is 9.18. The molecule has 1 heterocycles. The Balaban J connectivity index is 3.79. The Morgan fingerprint density at radius 2 is 1.88 bits per heavy atom. The molecule has 0 fully saturated rings. The Labute approximate surface area is 101 Å².